The number of amides is 2. The lowest BCUT2D eigenvalue weighted by Crippen LogP contribution is -2.57. The standard InChI is InChI=1S/C22H31N5O6S/c1-23-4-8-25(9-5-23)34(30,31)26-10-6-24(7-11-26)22(29)17-14-21(28)27(16-17)18-2-3-19-20(15-18)33-13-12-32-19/h2-3,15,17H,4-14,16H2,1H3. The van der Waals surface area contributed by atoms with Crippen LogP contribution in [0.15, 0.2) is 18.2 Å². The first kappa shape index (κ1) is 23.3. The van der Waals surface area contributed by atoms with Crippen molar-refractivity contribution in [3.63, 3.8) is 0 Å². The number of ether oxygens (including phenoxy) is 2. The molecule has 0 bridgehead atoms. The van der Waals surface area contributed by atoms with Crippen LogP contribution in [-0.2, 0) is 19.8 Å². The van der Waals surface area contributed by atoms with Gasteiger partial charge in [-0.1, -0.05) is 0 Å². The molecule has 1 atom stereocenters. The summed E-state index contributed by atoms with van der Waals surface area (Å²) in [5.74, 6) is 0.612. The van der Waals surface area contributed by atoms with Gasteiger partial charge in [-0.15, -0.1) is 0 Å². The van der Waals surface area contributed by atoms with Crippen molar-refractivity contribution < 1.29 is 27.5 Å². The maximum absolute atomic E-state index is 13.2. The number of nitrogens with zero attached hydrogens (tertiary/aromatic N) is 5. The molecule has 5 rings (SSSR count). The minimum atomic E-state index is -3.52. The fraction of sp³-hybridized carbons (Fsp3) is 0.636. The molecule has 0 aliphatic carbocycles. The Bertz CT molecular complexity index is 1050. The average Bonchev–Trinajstić information content (AvgIpc) is 3.25. The molecule has 12 heteroatoms. The number of carbonyl (C=O) groups excluding carboxylic acids is 2. The molecule has 11 nitrogen and oxygen atoms in total. The molecule has 0 saturated carbocycles. The number of carbonyl (C=O) groups is 2. The summed E-state index contributed by atoms with van der Waals surface area (Å²) in [6.07, 6.45) is 0.146. The number of fused-ring (bicyclic) bond motifs is 1. The fourth-order valence-electron chi connectivity index (χ4n) is 4.90. The van der Waals surface area contributed by atoms with Crippen molar-refractivity contribution in [2.75, 3.05) is 84.1 Å². The summed E-state index contributed by atoms with van der Waals surface area (Å²) >= 11 is 0. The van der Waals surface area contributed by atoms with Crippen LogP contribution in [0.25, 0.3) is 0 Å². The fourth-order valence-corrected chi connectivity index (χ4v) is 6.48. The Labute approximate surface area is 199 Å². The lowest BCUT2D eigenvalue weighted by molar-refractivity contribution is -0.137. The molecule has 1 aromatic carbocycles. The van der Waals surface area contributed by atoms with E-state index in [0.29, 0.717) is 76.2 Å². The molecule has 34 heavy (non-hydrogen) atoms. The Morgan fingerprint density at radius 2 is 1.53 bits per heavy atom. The van der Waals surface area contributed by atoms with Crippen molar-refractivity contribution in [3.05, 3.63) is 18.2 Å². The average molecular weight is 494 g/mol. The van der Waals surface area contributed by atoms with Crippen molar-refractivity contribution in [2.24, 2.45) is 5.92 Å². The van der Waals surface area contributed by atoms with Crippen molar-refractivity contribution in [2.45, 2.75) is 6.42 Å². The lowest BCUT2D eigenvalue weighted by atomic mass is 10.1. The van der Waals surface area contributed by atoms with Crippen LogP contribution in [0, 0.1) is 5.92 Å². The third kappa shape index (κ3) is 4.47. The van der Waals surface area contributed by atoms with E-state index in [1.807, 2.05) is 7.05 Å². The summed E-state index contributed by atoms with van der Waals surface area (Å²) < 4.78 is 40.1. The highest BCUT2D eigenvalue weighted by molar-refractivity contribution is 7.86. The highest BCUT2D eigenvalue weighted by Gasteiger charge is 2.40. The number of rotatable bonds is 4. The molecule has 4 aliphatic heterocycles. The van der Waals surface area contributed by atoms with Crippen LogP contribution in [-0.4, -0.2) is 118 Å². The number of piperazine rings is 2. The largest absolute Gasteiger partial charge is 0.486 e. The van der Waals surface area contributed by atoms with E-state index in [2.05, 4.69) is 4.90 Å². The summed E-state index contributed by atoms with van der Waals surface area (Å²) in [5, 5.41) is 0. The van der Waals surface area contributed by atoms with Crippen LogP contribution in [0.1, 0.15) is 6.42 Å². The van der Waals surface area contributed by atoms with Gasteiger partial charge in [0.15, 0.2) is 11.5 Å². The summed E-state index contributed by atoms with van der Waals surface area (Å²) in [5.41, 5.74) is 0.688. The molecule has 3 saturated heterocycles. The van der Waals surface area contributed by atoms with Gasteiger partial charge in [0.25, 0.3) is 10.2 Å². The molecule has 0 radical (unpaired) electrons. The third-order valence-electron chi connectivity index (χ3n) is 6.98. The predicted octanol–water partition coefficient (Wildman–Crippen LogP) is -0.553. The molecule has 4 aliphatic rings. The van der Waals surface area contributed by atoms with E-state index in [4.69, 9.17) is 9.47 Å². The van der Waals surface area contributed by atoms with Crippen LogP contribution in [0.4, 0.5) is 5.69 Å². The lowest BCUT2D eigenvalue weighted by Gasteiger charge is -2.39. The van der Waals surface area contributed by atoms with Gasteiger partial charge in [-0.2, -0.15) is 17.0 Å². The second-order valence-corrected chi connectivity index (χ2v) is 11.1. The zero-order valence-corrected chi connectivity index (χ0v) is 20.2. The normalized spacial score (nSPS) is 25.1. The number of hydrogen-bond acceptors (Lipinski definition) is 7. The first-order chi connectivity index (χ1) is 16.3. The summed E-state index contributed by atoms with van der Waals surface area (Å²) in [4.78, 5) is 31.3. The molecule has 186 valence electrons. The van der Waals surface area contributed by atoms with E-state index < -0.39 is 16.1 Å². The Morgan fingerprint density at radius 3 is 2.21 bits per heavy atom. The third-order valence-corrected chi connectivity index (χ3v) is 9.01. The van der Waals surface area contributed by atoms with Gasteiger partial charge in [0.1, 0.15) is 13.2 Å². The number of benzene rings is 1. The zero-order valence-electron chi connectivity index (χ0n) is 19.4. The van der Waals surface area contributed by atoms with Gasteiger partial charge in [0.05, 0.1) is 5.92 Å². The monoisotopic (exact) mass is 493 g/mol. The van der Waals surface area contributed by atoms with Gasteiger partial charge in [-0.05, 0) is 19.2 Å². The molecule has 0 aromatic heterocycles. The highest BCUT2D eigenvalue weighted by atomic mass is 32.2. The number of anilines is 1. The summed E-state index contributed by atoms with van der Waals surface area (Å²) in [6.45, 7) is 4.87. The maximum Gasteiger partial charge on any atom is 0.282 e. The molecule has 1 aromatic rings. The van der Waals surface area contributed by atoms with Crippen LogP contribution in [0.3, 0.4) is 0 Å². The topological polar surface area (TPSA) is 103 Å². The maximum atomic E-state index is 13.2. The number of likely N-dealkylation sites (N-methyl/N-ethyl adjacent to an activating group) is 1. The Balaban J connectivity index is 1.18. The highest BCUT2D eigenvalue weighted by Crippen LogP contribution is 2.36. The molecule has 4 heterocycles. The van der Waals surface area contributed by atoms with Crippen molar-refractivity contribution in [1.29, 1.82) is 0 Å². The van der Waals surface area contributed by atoms with Gasteiger partial charge in [0, 0.05) is 77.1 Å². The second kappa shape index (κ2) is 9.33. The van der Waals surface area contributed by atoms with Crippen LogP contribution < -0.4 is 14.4 Å². The molecule has 2 amide bonds. The first-order valence-electron chi connectivity index (χ1n) is 11.8. The summed E-state index contributed by atoms with van der Waals surface area (Å²) in [6, 6.07) is 5.37. The van der Waals surface area contributed by atoms with E-state index in [0.717, 1.165) is 0 Å². The Morgan fingerprint density at radius 1 is 0.912 bits per heavy atom. The second-order valence-electron chi connectivity index (χ2n) is 9.17. The smallest absolute Gasteiger partial charge is 0.282 e. The van der Waals surface area contributed by atoms with Gasteiger partial charge in [-0.3, -0.25) is 9.59 Å². The molecular formula is C22H31N5O6S. The van der Waals surface area contributed by atoms with Crippen molar-refractivity contribution in [3.8, 4) is 11.5 Å². The zero-order chi connectivity index (χ0) is 23.9. The van der Waals surface area contributed by atoms with Crippen molar-refractivity contribution >= 4 is 27.7 Å². The first-order valence-corrected chi connectivity index (χ1v) is 13.2. The van der Waals surface area contributed by atoms with E-state index in [9.17, 15) is 18.0 Å². The van der Waals surface area contributed by atoms with Crippen LogP contribution in [0.2, 0.25) is 0 Å². The Kier molecular flexibility index (Phi) is 6.40. The number of hydrogen-bond donors (Lipinski definition) is 0. The van der Waals surface area contributed by atoms with E-state index in [1.165, 1.54) is 8.61 Å². The molecule has 0 N–H and O–H groups in total. The quantitative estimate of drug-likeness (QED) is 0.554. The Hall–Kier alpha value is -2.41. The van der Waals surface area contributed by atoms with E-state index >= 15 is 0 Å². The van der Waals surface area contributed by atoms with Gasteiger partial charge in [0.2, 0.25) is 11.8 Å². The SMILES string of the molecule is CN1CCN(S(=O)(=O)N2CCN(C(=O)C3CC(=O)N(c4ccc5c(c4)OCCO5)C3)CC2)CC1. The molecule has 3 fully saturated rings. The minimum Gasteiger partial charge on any atom is -0.486 e. The van der Waals surface area contributed by atoms with Gasteiger partial charge < -0.3 is 24.2 Å². The van der Waals surface area contributed by atoms with Crippen LogP contribution in [0.5, 0.6) is 11.5 Å². The van der Waals surface area contributed by atoms with Crippen molar-refractivity contribution in [1.82, 2.24) is 18.4 Å². The predicted molar refractivity (Wildman–Crippen MR) is 124 cm³/mol. The van der Waals surface area contributed by atoms with Crippen LogP contribution >= 0.6 is 0 Å². The van der Waals surface area contributed by atoms with E-state index in [-0.39, 0.29) is 31.3 Å². The van der Waals surface area contributed by atoms with Gasteiger partial charge >= 0.3 is 0 Å². The molecule has 0 spiro atoms. The molecule has 1 unspecified atom stereocenters. The van der Waals surface area contributed by atoms with E-state index in [1.54, 1.807) is 28.0 Å². The minimum absolute atomic E-state index is 0.0926. The molecular weight excluding hydrogens is 462 g/mol. The summed E-state index contributed by atoms with van der Waals surface area (Å²) in [7, 11) is -1.54. The van der Waals surface area contributed by atoms with Gasteiger partial charge in [-0.25, -0.2) is 0 Å².